The number of anilines is 3. The van der Waals surface area contributed by atoms with Crippen LogP contribution in [0, 0.1) is 0 Å². The van der Waals surface area contributed by atoms with Crippen molar-refractivity contribution in [2.24, 2.45) is 0 Å². The second-order valence-electron chi connectivity index (χ2n) is 14.6. The molecule has 0 atom stereocenters. The first-order chi connectivity index (χ1) is 30.9. The molecule has 0 saturated carbocycles. The molecule has 278 valence electrons. The molecule has 0 aliphatic rings. The Morgan fingerprint density at radius 3 is 1.17 bits per heavy atom. The Balaban J connectivity index is 1.04. The Hall–Kier alpha value is -7.74. The van der Waals surface area contributed by atoms with Gasteiger partial charge in [-0.1, -0.05) is 206 Å². The minimum absolute atomic E-state index is 0.0968. The molecule has 0 aliphatic heterocycles. The molecule has 0 amide bonds. The molecule has 0 radical (unpaired) electrons. The summed E-state index contributed by atoms with van der Waals surface area (Å²) in [6.07, 6.45) is 0. The first-order valence-corrected chi connectivity index (χ1v) is 19.9. The molecule has 0 heterocycles. The van der Waals surface area contributed by atoms with Gasteiger partial charge in [0.05, 0.1) is 5.48 Å². The van der Waals surface area contributed by atoms with E-state index in [1.807, 2.05) is 114 Å². The lowest BCUT2D eigenvalue weighted by Gasteiger charge is -2.26. The lowest BCUT2D eigenvalue weighted by molar-refractivity contribution is 1.28. The zero-order valence-corrected chi connectivity index (χ0v) is 32.3. The normalized spacial score (nSPS) is 12.0. The predicted molar refractivity (Wildman–Crippen MR) is 251 cm³/mol. The van der Waals surface area contributed by atoms with E-state index in [0.29, 0.717) is 16.9 Å². The van der Waals surface area contributed by atoms with Gasteiger partial charge in [-0.3, -0.25) is 0 Å². The van der Waals surface area contributed by atoms with E-state index in [2.05, 4.69) is 115 Å². The molecule has 0 unspecified atom stereocenters. The van der Waals surface area contributed by atoms with Gasteiger partial charge in [-0.05, 0) is 120 Å². The predicted octanol–water partition coefficient (Wildman–Crippen LogP) is 16.3. The fraction of sp³-hybridized carbons (Fsp3) is 0. The monoisotopic (exact) mass is 755 g/mol. The molecule has 0 aromatic heterocycles. The number of rotatable bonds is 9. The third kappa shape index (κ3) is 7.46. The fourth-order valence-corrected chi connectivity index (χ4v) is 7.86. The summed E-state index contributed by atoms with van der Waals surface area (Å²) in [5.41, 5.74) is 13.3. The van der Waals surface area contributed by atoms with Crippen LogP contribution in [0.2, 0.25) is 0 Å². The highest BCUT2D eigenvalue weighted by molar-refractivity contribution is 5.97. The molecule has 10 aromatic carbocycles. The van der Waals surface area contributed by atoms with E-state index < -0.39 is 0 Å². The molecule has 0 fully saturated rings. The molecule has 0 spiro atoms. The van der Waals surface area contributed by atoms with Gasteiger partial charge in [-0.25, -0.2) is 0 Å². The molecule has 10 aromatic rings. The highest BCUT2D eigenvalue weighted by Crippen LogP contribution is 2.39. The largest absolute Gasteiger partial charge is 0.311 e. The Morgan fingerprint density at radius 2 is 0.627 bits per heavy atom. The Morgan fingerprint density at radius 1 is 0.254 bits per heavy atom. The van der Waals surface area contributed by atoms with Crippen LogP contribution in [-0.2, 0) is 0 Å². The maximum atomic E-state index is 9.50. The molecule has 0 N–H and O–H groups in total. The quantitative estimate of drug-likeness (QED) is 0.142. The van der Waals surface area contributed by atoms with Gasteiger partial charge >= 0.3 is 0 Å². The number of nitrogens with zero attached hydrogens (tertiary/aromatic N) is 1. The zero-order chi connectivity index (χ0) is 42.9. The van der Waals surface area contributed by atoms with Gasteiger partial charge in [-0.2, -0.15) is 0 Å². The summed E-state index contributed by atoms with van der Waals surface area (Å²) in [6, 6.07) is 75.7. The minimum atomic E-state index is -0.120. The van der Waals surface area contributed by atoms with Crippen molar-refractivity contribution >= 4 is 27.8 Å². The van der Waals surface area contributed by atoms with E-state index in [0.717, 1.165) is 50.1 Å². The Labute approximate surface area is 352 Å². The number of fused-ring (bicyclic) bond motifs is 1. The van der Waals surface area contributed by atoms with Crippen LogP contribution < -0.4 is 4.90 Å². The van der Waals surface area contributed by atoms with Crippen molar-refractivity contribution in [2.75, 3.05) is 4.90 Å². The van der Waals surface area contributed by atoms with Crippen LogP contribution in [0.15, 0.2) is 249 Å². The van der Waals surface area contributed by atoms with Crippen LogP contribution in [-0.4, -0.2) is 0 Å². The van der Waals surface area contributed by atoms with Crippen molar-refractivity contribution in [3.05, 3.63) is 249 Å². The van der Waals surface area contributed by atoms with E-state index in [4.69, 9.17) is 0 Å². The number of benzene rings is 10. The zero-order valence-electron chi connectivity index (χ0n) is 36.3. The third-order valence-electron chi connectivity index (χ3n) is 11.0. The van der Waals surface area contributed by atoms with Crippen molar-refractivity contribution in [3.63, 3.8) is 0 Å². The van der Waals surface area contributed by atoms with Gasteiger partial charge in [0.1, 0.15) is 0 Å². The molecule has 0 aliphatic carbocycles. The SMILES string of the molecule is [2H]c1c([2H])c(N(c2ccc(-c3ccc(-c4ccccc4)cc3)cc2)c2ccc(-c3cccc(-c4cccc5ccccc45)c3)cc2)c([2H])c([2H])c1-c1ccc(-c2ccccc2)cc1. The Kier molecular flexibility index (Phi) is 8.51. The van der Waals surface area contributed by atoms with E-state index in [9.17, 15) is 5.48 Å². The van der Waals surface area contributed by atoms with Crippen LogP contribution in [0.1, 0.15) is 5.48 Å². The maximum Gasteiger partial charge on any atom is 0.0645 e. The summed E-state index contributed by atoms with van der Waals surface area (Å²) in [5, 5.41) is 2.40. The highest BCUT2D eigenvalue weighted by atomic mass is 15.1. The molecule has 1 heteroatoms. The summed E-state index contributed by atoms with van der Waals surface area (Å²) in [4.78, 5) is 1.85. The van der Waals surface area contributed by atoms with Crippen LogP contribution in [0.3, 0.4) is 0 Å². The van der Waals surface area contributed by atoms with E-state index in [1.165, 1.54) is 16.3 Å². The maximum absolute atomic E-state index is 9.50. The summed E-state index contributed by atoms with van der Waals surface area (Å²) < 4.78 is 37.7. The molecule has 10 rings (SSSR count). The molecule has 0 saturated heterocycles. The van der Waals surface area contributed by atoms with Crippen LogP contribution >= 0.6 is 0 Å². The van der Waals surface area contributed by atoms with E-state index in [1.54, 1.807) is 0 Å². The average Bonchev–Trinajstić information content (AvgIpc) is 3.35. The average molecular weight is 756 g/mol. The Bertz CT molecular complexity index is 3190. The highest BCUT2D eigenvalue weighted by Gasteiger charge is 2.15. The molecule has 59 heavy (non-hydrogen) atoms. The minimum Gasteiger partial charge on any atom is -0.311 e. The lowest BCUT2D eigenvalue weighted by atomic mass is 9.95. The molecular weight excluding hydrogens is 711 g/mol. The van der Waals surface area contributed by atoms with Crippen LogP contribution in [0.4, 0.5) is 17.1 Å². The smallest absolute Gasteiger partial charge is 0.0645 e. The lowest BCUT2D eigenvalue weighted by Crippen LogP contribution is -2.09. The third-order valence-corrected chi connectivity index (χ3v) is 11.0. The summed E-state index contributed by atoms with van der Waals surface area (Å²) in [7, 11) is 0. The van der Waals surface area contributed by atoms with E-state index in [-0.39, 0.29) is 35.4 Å². The first-order valence-electron chi connectivity index (χ1n) is 21.9. The van der Waals surface area contributed by atoms with Crippen molar-refractivity contribution in [2.45, 2.75) is 0 Å². The van der Waals surface area contributed by atoms with E-state index >= 15 is 0 Å². The van der Waals surface area contributed by atoms with Crippen molar-refractivity contribution in [3.8, 4) is 66.8 Å². The van der Waals surface area contributed by atoms with Crippen molar-refractivity contribution in [1.29, 1.82) is 0 Å². The number of hydrogen-bond donors (Lipinski definition) is 0. The van der Waals surface area contributed by atoms with Crippen LogP contribution in [0.5, 0.6) is 0 Å². The van der Waals surface area contributed by atoms with Gasteiger partial charge in [-0.15, -0.1) is 0 Å². The first kappa shape index (κ1) is 31.4. The summed E-state index contributed by atoms with van der Waals surface area (Å²) >= 11 is 0. The summed E-state index contributed by atoms with van der Waals surface area (Å²) in [6.45, 7) is 0. The topological polar surface area (TPSA) is 3.24 Å². The van der Waals surface area contributed by atoms with Gasteiger partial charge in [0.25, 0.3) is 0 Å². The van der Waals surface area contributed by atoms with Crippen molar-refractivity contribution in [1.82, 2.24) is 0 Å². The van der Waals surface area contributed by atoms with Crippen LogP contribution in [0.25, 0.3) is 77.5 Å². The van der Waals surface area contributed by atoms with Gasteiger partial charge in [0.2, 0.25) is 0 Å². The van der Waals surface area contributed by atoms with Gasteiger partial charge in [0.15, 0.2) is 0 Å². The second kappa shape index (κ2) is 16.0. The molecule has 1 nitrogen and oxygen atoms in total. The molecular formula is C58H41N. The fourth-order valence-electron chi connectivity index (χ4n) is 7.86. The standard InChI is InChI=1S/C58H41N/c1-3-11-42(12-4-1)44-21-25-46(26-22-44)48-29-35-54(36-30-48)59(55-37-31-49(32-38-55)47-27-23-45(24-28-47)43-13-5-2-6-14-43)56-39-33-50(34-40-56)52-17-9-18-53(41-52)58-20-10-16-51-15-7-8-19-57(51)58/h1-41H/i29D,30D,35D,36D. The van der Waals surface area contributed by atoms with Crippen molar-refractivity contribution < 1.29 is 5.48 Å². The molecule has 0 bridgehead atoms. The summed E-state index contributed by atoms with van der Waals surface area (Å²) in [5.74, 6) is 0. The van der Waals surface area contributed by atoms with Gasteiger partial charge < -0.3 is 4.90 Å². The second-order valence-corrected chi connectivity index (χ2v) is 14.6. The van der Waals surface area contributed by atoms with Gasteiger partial charge in [0, 0.05) is 17.1 Å². The number of hydrogen-bond acceptors (Lipinski definition) is 1.